The van der Waals surface area contributed by atoms with Crippen LogP contribution in [0.25, 0.3) is 0 Å². The van der Waals surface area contributed by atoms with Crippen molar-refractivity contribution in [1.82, 2.24) is 14.9 Å². The molecule has 0 bridgehead atoms. The van der Waals surface area contributed by atoms with Crippen LogP contribution in [0, 0.1) is 6.92 Å². The van der Waals surface area contributed by atoms with Gasteiger partial charge >= 0.3 is 6.09 Å². The molecule has 0 atom stereocenters. The number of aromatic nitrogens is 2. The second kappa shape index (κ2) is 9.45. The Bertz CT molecular complexity index is 816. The third kappa shape index (κ3) is 5.73. The number of ether oxygens (including phenoxy) is 1. The summed E-state index contributed by atoms with van der Waals surface area (Å²) in [5, 5.41) is 6.83. The molecule has 2 heterocycles. The molecule has 8 heteroatoms. The minimum atomic E-state index is -0.226. The third-order valence-corrected chi connectivity index (χ3v) is 4.87. The number of aryl methyl sites for hydroxylation is 1. The van der Waals surface area contributed by atoms with Crippen LogP contribution in [-0.4, -0.2) is 60.8 Å². The molecule has 8 nitrogen and oxygen atoms in total. The zero-order chi connectivity index (χ0) is 20.8. The molecule has 1 saturated heterocycles. The van der Waals surface area contributed by atoms with Gasteiger partial charge in [-0.3, -0.25) is 0 Å². The van der Waals surface area contributed by atoms with Crippen LogP contribution in [0.3, 0.4) is 0 Å². The number of amides is 1. The number of piperidine rings is 1. The molecule has 1 amide bonds. The molecule has 0 spiro atoms. The summed E-state index contributed by atoms with van der Waals surface area (Å²) in [4.78, 5) is 24.7. The average Bonchev–Trinajstić information content (AvgIpc) is 2.68. The Morgan fingerprint density at radius 2 is 1.83 bits per heavy atom. The lowest BCUT2D eigenvalue weighted by Crippen LogP contribution is -2.42. The molecule has 0 unspecified atom stereocenters. The zero-order valence-corrected chi connectivity index (χ0v) is 17.6. The average molecular weight is 399 g/mol. The molecular formula is C21H30N6O2. The predicted molar refractivity (Wildman–Crippen MR) is 116 cm³/mol. The van der Waals surface area contributed by atoms with Crippen LogP contribution in [-0.2, 0) is 4.74 Å². The van der Waals surface area contributed by atoms with Gasteiger partial charge in [0.05, 0.1) is 6.61 Å². The summed E-state index contributed by atoms with van der Waals surface area (Å²) in [6, 6.07) is 10.4. The van der Waals surface area contributed by atoms with Crippen molar-refractivity contribution >= 4 is 29.1 Å². The maximum absolute atomic E-state index is 11.8. The molecule has 0 aliphatic carbocycles. The van der Waals surface area contributed by atoms with E-state index in [0.29, 0.717) is 25.5 Å². The summed E-state index contributed by atoms with van der Waals surface area (Å²) in [6.45, 7) is 5.49. The van der Waals surface area contributed by atoms with E-state index >= 15 is 0 Å². The lowest BCUT2D eigenvalue weighted by Gasteiger charge is -2.31. The molecule has 156 valence electrons. The minimum Gasteiger partial charge on any atom is -0.450 e. The number of rotatable bonds is 6. The molecule has 3 rings (SSSR count). The summed E-state index contributed by atoms with van der Waals surface area (Å²) in [5.74, 6) is 2.24. The quantitative estimate of drug-likeness (QED) is 0.769. The second-order valence-electron chi connectivity index (χ2n) is 7.36. The summed E-state index contributed by atoms with van der Waals surface area (Å²) in [6.07, 6.45) is 1.49. The van der Waals surface area contributed by atoms with Crippen LogP contribution in [0.2, 0.25) is 0 Å². The fraction of sp³-hybridized carbons (Fsp3) is 0.476. The Balaban J connectivity index is 1.60. The highest BCUT2D eigenvalue weighted by Crippen LogP contribution is 2.22. The van der Waals surface area contributed by atoms with Crippen molar-refractivity contribution in [3.63, 3.8) is 0 Å². The number of hydrogen-bond acceptors (Lipinski definition) is 7. The Morgan fingerprint density at radius 1 is 1.17 bits per heavy atom. The van der Waals surface area contributed by atoms with Crippen molar-refractivity contribution < 1.29 is 9.53 Å². The fourth-order valence-electron chi connectivity index (χ4n) is 3.33. The number of nitrogens with zero attached hydrogens (tertiary/aromatic N) is 4. The van der Waals surface area contributed by atoms with Crippen molar-refractivity contribution in [1.29, 1.82) is 0 Å². The molecule has 1 fully saturated rings. The van der Waals surface area contributed by atoms with Crippen LogP contribution in [0.5, 0.6) is 0 Å². The van der Waals surface area contributed by atoms with E-state index in [1.807, 2.05) is 46.1 Å². The fourth-order valence-corrected chi connectivity index (χ4v) is 3.33. The Labute approximate surface area is 172 Å². The number of carbonyl (C=O) groups is 1. The summed E-state index contributed by atoms with van der Waals surface area (Å²) < 4.78 is 5.08. The van der Waals surface area contributed by atoms with Crippen LogP contribution in [0.1, 0.15) is 25.6 Å². The van der Waals surface area contributed by atoms with Crippen molar-refractivity contribution in [2.45, 2.75) is 32.7 Å². The van der Waals surface area contributed by atoms with E-state index < -0.39 is 0 Å². The maximum Gasteiger partial charge on any atom is 0.409 e. The summed E-state index contributed by atoms with van der Waals surface area (Å²) in [7, 11) is 4.04. The molecule has 2 aromatic rings. The van der Waals surface area contributed by atoms with Gasteiger partial charge in [-0.25, -0.2) is 14.8 Å². The topological polar surface area (TPSA) is 82.6 Å². The van der Waals surface area contributed by atoms with Gasteiger partial charge in [-0.1, -0.05) is 0 Å². The van der Waals surface area contributed by atoms with Gasteiger partial charge in [0.25, 0.3) is 0 Å². The first-order valence-corrected chi connectivity index (χ1v) is 10.0. The first-order valence-electron chi connectivity index (χ1n) is 10.0. The molecular weight excluding hydrogens is 368 g/mol. The second-order valence-corrected chi connectivity index (χ2v) is 7.36. The van der Waals surface area contributed by atoms with Crippen LogP contribution in [0.15, 0.2) is 30.3 Å². The van der Waals surface area contributed by atoms with E-state index in [1.54, 1.807) is 4.90 Å². The molecule has 1 aromatic heterocycles. The predicted octanol–water partition coefficient (Wildman–Crippen LogP) is 3.63. The van der Waals surface area contributed by atoms with Gasteiger partial charge in [0.2, 0.25) is 0 Å². The Morgan fingerprint density at radius 3 is 2.45 bits per heavy atom. The number of nitrogens with one attached hydrogen (secondary N) is 2. The zero-order valence-electron chi connectivity index (χ0n) is 17.6. The van der Waals surface area contributed by atoms with E-state index in [-0.39, 0.29) is 12.1 Å². The lowest BCUT2D eigenvalue weighted by atomic mass is 10.1. The van der Waals surface area contributed by atoms with Crippen molar-refractivity contribution in [2.24, 2.45) is 0 Å². The van der Waals surface area contributed by atoms with Crippen molar-refractivity contribution in [3.05, 3.63) is 36.2 Å². The molecule has 1 aliphatic rings. The first kappa shape index (κ1) is 20.7. The van der Waals surface area contributed by atoms with Gasteiger partial charge in [0.15, 0.2) is 0 Å². The largest absolute Gasteiger partial charge is 0.450 e. The standard InChI is InChI=1S/C21H30N6O2/c1-5-29-21(28)27-12-10-17(11-13-27)25-20-14-19(22-15(2)23-20)24-16-6-8-18(9-7-16)26(3)4/h6-9,14,17H,5,10-13H2,1-4H3,(H2,22,23,24,25). The van der Waals surface area contributed by atoms with E-state index in [4.69, 9.17) is 4.74 Å². The number of benzene rings is 1. The first-order chi connectivity index (χ1) is 13.9. The number of carbonyl (C=O) groups excluding carboxylic acids is 1. The van der Waals surface area contributed by atoms with Crippen molar-refractivity contribution in [3.8, 4) is 0 Å². The third-order valence-electron chi connectivity index (χ3n) is 4.87. The highest BCUT2D eigenvalue weighted by atomic mass is 16.6. The van der Waals surface area contributed by atoms with Crippen LogP contribution >= 0.6 is 0 Å². The van der Waals surface area contributed by atoms with Crippen LogP contribution < -0.4 is 15.5 Å². The normalized spacial score (nSPS) is 14.4. The van der Waals surface area contributed by atoms with Gasteiger partial charge in [-0.2, -0.15) is 0 Å². The molecule has 0 radical (unpaired) electrons. The Kier molecular flexibility index (Phi) is 6.74. The molecule has 1 aliphatic heterocycles. The van der Waals surface area contributed by atoms with Gasteiger partial charge in [-0.15, -0.1) is 0 Å². The number of likely N-dealkylation sites (tertiary alicyclic amines) is 1. The molecule has 1 aromatic carbocycles. The van der Waals surface area contributed by atoms with Gasteiger partial charge in [0, 0.05) is 50.7 Å². The lowest BCUT2D eigenvalue weighted by molar-refractivity contribution is 0.0983. The van der Waals surface area contributed by atoms with Gasteiger partial charge < -0.3 is 25.2 Å². The van der Waals surface area contributed by atoms with E-state index in [0.717, 1.165) is 35.9 Å². The number of anilines is 4. The monoisotopic (exact) mass is 398 g/mol. The summed E-state index contributed by atoms with van der Waals surface area (Å²) >= 11 is 0. The highest BCUT2D eigenvalue weighted by Gasteiger charge is 2.23. The smallest absolute Gasteiger partial charge is 0.409 e. The van der Waals surface area contributed by atoms with E-state index in [2.05, 4.69) is 37.6 Å². The highest BCUT2D eigenvalue weighted by molar-refractivity contribution is 5.67. The SMILES string of the molecule is CCOC(=O)N1CCC(Nc2cc(Nc3ccc(N(C)C)cc3)nc(C)n2)CC1. The van der Waals surface area contributed by atoms with E-state index in [9.17, 15) is 4.79 Å². The van der Waals surface area contributed by atoms with Gasteiger partial charge in [-0.05, 0) is 51.0 Å². The molecule has 2 N–H and O–H groups in total. The molecule has 29 heavy (non-hydrogen) atoms. The van der Waals surface area contributed by atoms with Gasteiger partial charge in [0.1, 0.15) is 17.5 Å². The number of hydrogen-bond donors (Lipinski definition) is 2. The van der Waals surface area contributed by atoms with Crippen LogP contribution in [0.4, 0.5) is 27.8 Å². The van der Waals surface area contributed by atoms with E-state index in [1.165, 1.54) is 0 Å². The minimum absolute atomic E-state index is 0.226. The van der Waals surface area contributed by atoms with Crippen molar-refractivity contribution in [2.75, 3.05) is 49.3 Å². The Hall–Kier alpha value is -3.03. The summed E-state index contributed by atoms with van der Waals surface area (Å²) in [5.41, 5.74) is 2.12. The maximum atomic E-state index is 11.8. The molecule has 0 saturated carbocycles.